The summed E-state index contributed by atoms with van der Waals surface area (Å²) < 4.78 is 5.21. The second-order valence-electron chi connectivity index (χ2n) is 7.04. The first-order valence-electron chi connectivity index (χ1n) is 9.45. The molecule has 3 amide bonds. The zero-order chi connectivity index (χ0) is 22.5. The van der Waals surface area contributed by atoms with Crippen molar-refractivity contribution in [1.29, 1.82) is 0 Å². The van der Waals surface area contributed by atoms with E-state index in [1.165, 1.54) is 4.90 Å². The molecule has 2 atom stereocenters. The van der Waals surface area contributed by atoms with Gasteiger partial charge >= 0.3 is 12.1 Å². The van der Waals surface area contributed by atoms with Gasteiger partial charge in [-0.25, -0.2) is 4.79 Å². The van der Waals surface area contributed by atoms with Gasteiger partial charge in [-0.15, -0.1) is 0 Å². The van der Waals surface area contributed by atoms with Gasteiger partial charge in [0.05, 0.1) is 12.5 Å². The first-order chi connectivity index (χ1) is 14.8. The molecule has 1 unspecified atom stereocenters. The number of carbonyl (C=O) groups is 4. The number of hydrogen-bond acceptors (Lipinski definition) is 6. The fraction of sp³-hybridized carbons (Fsp3) is 0.238. The highest BCUT2D eigenvalue weighted by Crippen LogP contribution is 2.32. The van der Waals surface area contributed by atoms with Crippen molar-refractivity contribution in [3.8, 4) is 0 Å². The molecule has 0 fully saturated rings. The van der Waals surface area contributed by atoms with E-state index in [1.807, 2.05) is 30.3 Å². The van der Waals surface area contributed by atoms with Crippen LogP contribution in [0.25, 0.3) is 0 Å². The maximum absolute atomic E-state index is 12.9. The lowest BCUT2D eigenvalue weighted by Crippen LogP contribution is -2.54. The van der Waals surface area contributed by atoms with Gasteiger partial charge in [-0.2, -0.15) is 0 Å². The average molecular weight is 426 g/mol. The molecule has 2 aromatic rings. The van der Waals surface area contributed by atoms with E-state index in [2.05, 4.69) is 5.32 Å². The van der Waals surface area contributed by atoms with E-state index in [1.54, 1.807) is 18.2 Å². The Bertz CT molecular complexity index is 1010. The number of carbonyl (C=O) groups excluding carboxylic acids is 3. The first-order valence-corrected chi connectivity index (χ1v) is 9.45. The molecule has 2 aromatic carbocycles. The number of anilines is 1. The summed E-state index contributed by atoms with van der Waals surface area (Å²) in [5, 5.41) is 11.8. The van der Waals surface area contributed by atoms with Crippen molar-refractivity contribution in [1.82, 2.24) is 4.90 Å². The molecule has 0 bridgehead atoms. The minimum atomic E-state index is -1.36. The molecule has 3 rings (SSSR count). The third-order valence-corrected chi connectivity index (χ3v) is 4.97. The molecule has 0 aromatic heterocycles. The predicted molar refractivity (Wildman–Crippen MR) is 110 cm³/mol. The van der Waals surface area contributed by atoms with Crippen molar-refractivity contribution in [2.75, 3.05) is 5.32 Å². The molecule has 6 N–H and O–H groups in total. The number of benzene rings is 2. The minimum absolute atomic E-state index is 0.0395. The van der Waals surface area contributed by atoms with Crippen LogP contribution in [0.15, 0.2) is 48.5 Å². The highest BCUT2D eigenvalue weighted by atomic mass is 16.5. The second-order valence-corrected chi connectivity index (χ2v) is 7.04. The minimum Gasteiger partial charge on any atom is -0.481 e. The number of nitrogens with two attached hydrogens (primary N) is 2. The summed E-state index contributed by atoms with van der Waals surface area (Å²) in [5.74, 6) is -2.65. The fourth-order valence-corrected chi connectivity index (χ4v) is 3.41. The monoisotopic (exact) mass is 426 g/mol. The van der Waals surface area contributed by atoms with E-state index >= 15 is 0 Å². The third-order valence-electron chi connectivity index (χ3n) is 4.97. The van der Waals surface area contributed by atoms with Gasteiger partial charge in [0.15, 0.2) is 0 Å². The highest BCUT2D eigenvalue weighted by molar-refractivity contribution is 6.02. The Morgan fingerprint density at radius 1 is 1.13 bits per heavy atom. The lowest BCUT2D eigenvalue weighted by atomic mass is 10.0. The van der Waals surface area contributed by atoms with Crippen LogP contribution in [0.3, 0.4) is 0 Å². The fourth-order valence-electron chi connectivity index (χ4n) is 3.41. The number of nitrogens with one attached hydrogen (secondary N) is 1. The summed E-state index contributed by atoms with van der Waals surface area (Å²) in [6.45, 7) is 0.0309. The number of nitrogens with zero attached hydrogens (tertiary/aromatic N) is 1. The van der Waals surface area contributed by atoms with Crippen LogP contribution in [0.4, 0.5) is 10.5 Å². The SMILES string of the molecule is NC(=O)[C@@H](N)C(CC(=O)O)N1Cc2c(NC(=O)OCc3ccccc3)cccc2C1=O. The quantitative estimate of drug-likeness (QED) is 0.489. The van der Waals surface area contributed by atoms with Crippen molar-refractivity contribution >= 4 is 29.6 Å². The van der Waals surface area contributed by atoms with Crippen LogP contribution in [0, 0.1) is 0 Å². The van der Waals surface area contributed by atoms with E-state index in [0.717, 1.165) is 5.56 Å². The Hall–Kier alpha value is -3.92. The second kappa shape index (κ2) is 9.26. The van der Waals surface area contributed by atoms with Crippen molar-refractivity contribution in [3.05, 3.63) is 65.2 Å². The molecular formula is C21H22N4O6. The number of carboxylic acid groups (broad SMARTS) is 1. The normalized spacial score (nSPS) is 14.5. The van der Waals surface area contributed by atoms with Crippen LogP contribution in [-0.2, 0) is 27.5 Å². The van der Waals surface area contributed by atoms with Gasteiger partial charge in [0.25, 0.3) is 5.91 Å². The molecular weight excluding hydrogens is 404 g/mol. The van der Waals surface area contributed by atoms with E-state index < -0.39 is 42.4 Å². The number of ether oxygens (including phenoxy) is 1. The molecule has 1 aliphatic heterocycles. The van der Waals surface area contributed by atoms with Gasteiger partial charge in [0.2, 0.25) is 5.91 Å². The Kier molecular flexibility index (Phi) is 6.51. The van der Waals surface area contributed by atoms with Crippen molar-refractivity contribution < 1.29 is 29.0 Å². The Morgan fingerprint density at radius 2 is 1.84 bits per heavy atom. The van der Waals surface area contributed by atoms with Crippen molar-refractivity contribution in [3.63, 3.8) is 0 Å². The summed E-state index contributed by atoms with van der Waals surface area (Å²) in [6, 6.07) is 11.4. The van der Waals surface area contributed by atoms with Crippen molar-refractivity contribution in [2.24, 2.45) is 11.5 Å². The number of rotatable bonds is 8. The van der Waals surface area contributed by atoms with Crippen LogP contribution in [0.5, 0.6) is 0 Å². The van der Waals surface area contributed by atoms with Gasteiger partial charge in [0, 0.05) is 23.4 Å². The Balaban J connectivity index is 1.76. The molecule has 10 nitrogen and oxygen atoms in total. The molecule has 0 aliphatic carbocycles. The predicted octanol–water partition coefficient (Wildman–Crippen LogP) is 1.05. The third kappa shape index (κ3) is 4.98. The standard InChI is InChI=1S/C21H22N4O6/c22-18(19(23)28)16(9-17(26)27)25-10-14-13(20(25)29)7-4-8-15(14)24-21(30)31-11-12-5-2-1-3-6-12/h1-8,16,18H,9-11,22H2,(H2,23,28)(H,24,30)(H,26,27)/t16?,18-/m0/s1. The zero-order valence-electron chi connectivity index (χ0n) is 16.5. The number of fused-ring (bicyclic) bond motifs is 1. The van der Waals surface area contributed by atoms with Crippen LogP contribution >= 0.6 is 0 Å². The van der Waals surface area contributed by atoms with Crippen LogP contribution in [0.1, 0.15) is 27.9 Å². The molecule has 0 spiro atoms. The maximum Gasteiger partial charge on any atom is 0.411 e. The van der Waals surface area contributed by atoms with Gasteiger partial charge in [0.1, 0.15) is 12.6 Å². The molecule has 0 saturated carbocycles. The molecule has 31 heavy (non-hydrogen) atoms. The number of carboxylic acids is 1. The zero-order valence-corrected chi connectivity index (χ0v) is 16.5. The topological polar surface area (TPSA) is 165 Å². The van der Waals surface area contributed by atoms with E-state index in [0.29, 0.717) is 11.3 Å². The van der Waals surface area contributed by atoms with Crippen molar-refractivity contribution in [2.45, 2.75) is 31.7 Å². The summed E-state index contributed by atoms with van der Waals surface area (Å²) in [4.78, 5) is 49.1. The van der Waals surface area contributed by atoms with Crippen LogP contribution in [-0.4, -0.2) is 46.0 Å². The smallest absolute Gasteiger partial charge is 0.411 e. The van der Waals surface area contributed by atoms with Crippen LogP contribution < -0.4 is 16.8 Å². The lowest BCUT2D eigenvalue weighted by Gasteiger charge is -2.29. The summed E-state index contributed by atoms with van der Waals surface area (Å²) in [5.41, 5.74) is 12.9. The molecule has 0 saturated heterocycles. The molecule has 1 aliphatic rings. The summed E-state index contributed by atoms with van der Waals surface area (Å²) in [6.07, 6.45) is -1.26. The maximum atomic E-state index is 12.9. The van der Waals surface area contributed by atoms with E-state index in [-0.39, 0.29) is 18.7 Å². The van der Waals surface area contributed by atoms with Gasteiger partial charge in [-0.05, 0) is 17.7 Å². The summed E-state index contributed by atoms with van der Waals surface area (Å²) >= 11 is 0. The van der Waals surface area contributed by atoms with Crippen LogP contribution in [0.2, 0.25) is 0 Å². The van der Waals surface area contributed by atoms with E-state index in [9.17, 15) is 24.3 Å². The lowest BCUT2D eigenvalue weighted by molar-refractivity contribution is -0.138. The Labute approximate surface area is 177 Å². The molecule has 162 valence electrons. The first kappa shape index (κ1) is 21.8. The number of aliphatic carboxylic acids is 1. The Morgan fingerprint density at radius 3 is 2.48 bits per heavy atom. The van der Waals surface area contributed by atoms with Gasteiger partial charge in [-0.1, -0.05) is 36.4 Å². The molecule has 1 heterocycles. The number of amides is 3. The summed E-state index contributed by atoms with van der Waals surface area (Å²) in [7, 11) is 0. The van der Waals surface area contributed by atoms with Gasteiger partial charge < -0.3 is 26.2 Å². The largest absolute Gasteiger partial charge is 0.481 e. The van der Waals surface area contributed by atoms with E-state index in [4.69, 9.17) is 16.2 Å². The number of hydrogen-bond donors (Lipinski definition) is 4. The molecule has 10 heteroatoms. The average Bonchev–Trinajstić information content (AvgIpc) is 3.08. The number of primary amides is 1. The molecule has 0 radical (unpaired) electrons. The van der Waals surface area contributed by atoms with Gasteiger partial charge in [-0.3, -0.25) is 19.7 Å². The highest BCUT2D eigenvalue weighted by Gasteiger charge is 2.39.